The molecule has 1 aliphatic carbocycles. The van der Waals surface area contributed by atoms with Crippen molar-refractivity contribution in [1.29, 1.82) is 0 Å². The molecule has 0 amide bonds. The fourth-order valence-electron chi connectivity index (χ4n) is 12.8. The van der Waals surface area contributed by atoms with Crippen molar-refractivity contribution in [2.75, 3.05) is 0 Å². The number of hydrogen-bond acceptors (Lipinski definition) is 1. The van der Waals surface area contributed by atoms with Crippen molar-refractivity contribution in [2.45, 2.75) is 69.2 Å². The maximum absolute atomic E-state index is 7.00. The normalized spacial score (nSPS) is 20.1. The topological polar surface area (TPSA) is 25.3 Å². The first-order valence-corrected chi connectivity index (χ1v) is 21.6. The summed E-state index contributed by atoms with van der Waals surface area (Å²) in [7, 11) is 0. The molecule has 0 saturated heterocycles. The molecule has 4 aliphatic rings. The lowest BCUT2D eigenvalue weighted by molar-refractivity contribution is -0.809. The van der Waals surface area contributed by atoms with E-state index in [1.54, 1.807) is 0 Å². The molecular formula is C54H43N3O+2. The van der Waals surface area contributed by atoms with Crippen molar-refractivity contribution in [3.63, 3.8) is 0 Å². The third kappa shape index (κ3) is 3.96. The molecule has 2 atom stereocenters. The largest absolute Gasteiger partial charge is 0.455 e. The third-order valence-electron chi connectivity index (χ3n) is 15.2. The van der Waals surface area contributed by atoms with Gasteiger partial charge in [0.1, 0.15) is 11.2 Å². The summed E-state index contributed by atoms with van der Waals surface area (Å²) in [4.78, 5) is 0. The number of benzene rings is 5. The number of para-hydroxylation sites is 1. The van der Waals surface area contributed by atoms with Gasteiger partial charge in [0.15, 0.2) is 23.1 Å². The van der Waals surface area contributed by atoms with E-state index < -0.39 is 0 Å². The monoisotopic (exact) mass is 749 g/mol. The minimum atomic E-state index is -0.0926. The Morgan fingerprint density at radius 2 is 1.53 bits per heavy atom. The van der Waals surface area contributed by atoms with Gasteiger partial charge in [-0.3, -0.25) is 0 Å². The van der Waals surface area contributed by atoms with E-state index in [0.29, 0.717) is 5.92 Å². The maximum Gasteiger partial charge on any atom is 0.218 e. The van der Waals surface area contributed by atoms with Gasteiger partial charge in [-0.2, -0.15) is 9.13 Å². The van der Waals surface area contributed by atoms with Gasteiger partial charge in [0.2, 0.25) is 11.4 Å². The van der Waals surface area contributed by atoms with Crippen LogP contribution in [0.25, 0.3) is 88.2 Å². The summed E-state index contributed by atoms with van der Waals surface area (Å²) in [5.74, 6) is 1.08. The number of fused-ring (bicyclic) bond motifs is 16. The summed E-state index contributed by atoms with van der Waals surface area (Å²) in [6.45, 7) is 4.85. The van der Waals surface area contributed by atoms with E-state index in [1.807, 2.05) is 0 Å². The van der Waals surface area contributed by atoms with Crippen molar-refractivity contribution >= 4 is 65.7 Å². The molecule has 2 unspecified atom stereocenters. The van der Waals surface area contributed by atoms with E-state index in [1.165, 1.54) is 119 Å². The van der Waals surface area contributed by atoms with Gasteiger partial charge in [0.25, 0.3) is 0 Å². The fourth-order valence-corrected chi connectivity index (χ4v) is 12.8. The third-order valence-corrected chi connectivity index (χ3v) is 15.2. The zero-order valence-electron chi connectivity index (χ0n) is 32.6. The van der Waals surface area contributed by atoms with Crippen LogP contribution in [-0.4, -0.2) is 4.40 Å². The highest BCUT2D eigenvalue weighted by Crippen LogP contribution is 2.55. The van der Waals surface area contributed by atoms with Crippen LogP contribution in [0.15, 0.2) is 139 Å². The average molecular weight is 750 g/mol. The minimum Gasteiger partial charge on any atom is -0.455 e. The molecule has 0 radical (unpaired) electrons. The van der Waals surface area contributed by atoms with E-state index >= 15 is 0 Å². The first-order chi connectivity index (χ1) is 28.6. The Labute approximate surface area is 336 Å². The summed E-state index contributed by atoms with van der Waals surface area (Å²) >= 11 is 0. The molecule has 278 valence electrons. The Morgan fingerprint density at radius 3 is 2.48 bits per heavy atom. The van der Waals surface area contributed by atoms with Crippen LogP contribution >= 0.6 is 0 Å². The van der Waals surface area contributed by atoms with Gasteiger partial charge in [-0.25, -0.2) is 0 Å². The lowest BCUT2D eigenvalue weighted by atomic mass is 9.62. The number of nitrogens with zero attached hydrogens (tertiary/aromatic N) is 3. The predicted molar refractivity (Wildman–Crippen MR) is 234 cm³/mol. The second-order valence-electron chi connectivity index (χ2n) is 18.0. The molecular weight excluding hydrogens is 707 g/mol. The van der Waals surface area contributed by atoms with Crippen LogP contribution in [0.5, 0.6) is 0 Å². The van der Waals surface area contributed by atoms with Crippen LogP contribution in [0.3, 0.4) is 0 Å². The first kappa shape index (κ1) is 31.8. The summed E-state index contributed by atoms with van der Waals surface area (Å²) in [6, 6.07) is 46.1. The maximum atomic E-state index is 7.00. The number of allylic oxidation sites excluding steroid dienone is 1. The van der Waals surface area contributed by atoms with Crippen LogP contribution in [0.1, 0.15) is 66.8 Å². The Bertz CT molecular complexity index is 3430. The summed E-state index contributed by atoms with van der Waals surface area (Å²) in [6.07, 6.45) is 12.8. The molecule has 3 aliphatic heterocycles. The molecule has 1 saturated carbocycles. The van der Waals surface area contributed by atoms with Gasteiger partial charge < -0.3 is 8.82 Å². The van der Waals surface area contributed by atoms with E-state index in [-0.39, 0.29) is 5.54 Å². The van der Waals surface area contributed by atoms with Crippen LogP contribution in [-0.2, 0) is 24.8 Å². The Hall–Kier alpha value is -6.26. The van der Waals surface area contributed by atoms with Gasteiger partial charge in [-0.05, 0) is 97.0 Å². The average Bonchev–Trinajstić information content (AvgIpc) is 4.04. The quantitative estimate of drug-likeness (QED) is 0.162. The highest BCUT2D eigenvalue weighted by Gasteiger charge is 2.63. The SMILES string of the molecule is C=C1CC23Cc4cccc([n+]42)-c2cc4c5cc6c(oc7cccc(CC8CCCC8)c76)c6c7ccccc7n(c4cc2C3CCc2ccccc2-c2cccc[n+]21)c56. The molecule has 5 aromatic heterocycles. The van der Waals surface area contributed by atoms with Gasteiger partial charge in [0, 0.05) is 56.8 Å². The highest BCUT2D eigenvalue weighted by molar-refractivity contribution is 6.33. The van der Waals surface area contributed by atoms with E-state index in [0.717, 1.165) is 54.9 Å². The molecule has 14 rings (SSSR count). The summed E-state index contributed by atoms with van der Waals surface area (Å²) in [5.41, 5.74) is 18.0. The molecule has 4 heteroatoms. The molecule has 8 heterocycles. The van der Waals surface area contributed by atoms with Crippen LogP contribution in [0.2, 0.25) is 0 Å². The Balaban J connectivity index is 1.06. The second-order valence-corrected chi connectivity index (χ2v) is 18.0. The van der Waals surface area contributed by atoms with Crippen molar-refractivity contribution in [3.05, 3.63) is 156 Å². The van der Waals surface area contributed by atoms with Crippen molar-refractivity contribution in [1.82, 2.24) is 4.40 Å². The van der Waals surface area contributed by atoms with Crippen LogP contribution in [0, 0.1) is 5.92 Å². The fraction of sp³-hybridized carbons (Fsp3) is 0.222. The molecule has 10 aromatic rings. The molecule has 0 bridgehead atoms. The van der Waals surface area contributed by atoms with Crippen LogP contribution < -0.4 is 9.13 Å². The molecule has 0 N–H and O–H groups in total. The zero-order chi connectivity index (χ0) is 37.9. The molecule has 58 heavy (non-hydrogen) atoms. The van der Waals surface area contributed by atoms with Gasteiger partial charge >= 0.3 is 0 Å². The second kappa shape index (κ2) is 11.2. The van der Waals surface area contributed by atoms with Crippen molar-refractivity contribution in [2.24, 2.45) is 5.92 Å². The number of rotatable bonds is 2. The smallest absolute Gasteiger partial charge is 0.218 e. The number of hydrogen-bond donors (Lipinski definition) is 0. The Kier molecular flexibility index (Phi) is 6.15. The zero-order valence-corrected chi connectivity index (χ0v) is 32.6. The number of pyridine rings is 2. The standard InChI is InChI=1S/C54H43N3O/c1-32-30-54-31-36-16-11-21-47(57(36)54)40-27-41-42-28-43-50-35(26-33-12-2-3-13-33)15-10-22-49(50)58-53(43)51-38-18-6-7-20-46(38)56(52(42)51)48(41)29-39(40)44(54)24-23-34-14-4-5-17-37(34)45-19-8-9-25-55(32)45/h4-11,14-22,25,27-29,33,44H,1-3,12-13,23-24,26,30-31H2/q+2. The summed E-state index contributed by atoms with van der Waals surface area (Å²) < 4.78 is 14.7. The summed E-state index contributed by atoms with van der Waals surface area (Å²) in [5, 5.41) is 7.76. The molecule has 1 fully saturated rings. The van der Waals surface area contributed by atoms with Gasteiger partial charge in [0.05, 0.1) is 46.3 Å². The van der Waals surface area contributed by atoms with Crippen molar-refractivity contribution < 1.29 is 13.6 Å². The van der Waals surface area contributed by atoms with Crippen molar-refractivity contribution in [3.8, 4) is 22.5 Å². The number of furan rings is 1. The lowest BCUT2D eigenvalue weighted by Gasteiger charge is -2.46. The lowest BCUT2D eigenvalue weighted by Crippen LogP contribution is -2.74. The molecule has 1 spiro atoms. The van der Waals surface area contributed by atoms with Crippen LogP contribution in [0.4, 0.5) is 0 Å². The van der Waals surface area contributed by atoms with Gasteiger partial charge in [-0.1, -0.05) is 74.2 Å². The Morgan fingerprint density at radius 1 is 0.690 bits per heavy atom. The minimum absolute atomic E-state index is 0.0926. The number of aromatic nitrogens is 3. The number of aryl methyl sites for hydroxylation is 1. The van der Waals surface area contributed by atoms with E-state index in [9.17, 15) is 0 Å². The molecule has 5 aromatic carbocycles. The first-order valence-electron chi connectivity index (χ1n) is 21.6. The van der Waals surface area contributed by atoms with E-state index in [2.05, 4.69) is 141 Å². The van der Waals surface area contributed by atoms with E-state index in [4.69, 9.17) is 11.0 Å². The molecule has 4 nitrogen and oxygen atoms in total. The van der Waals surface area contributed by atoms with Gasteiger partial charge in [-0.15, -0.1) is 0 Å². The highest BCUT2D eigenvalue weighted by atomic mass is 16.3. The predicted octanol–water partition coefficient (Wildman–Crippen LogP) is 12.2.